The van der Waals surface area contributed by atoms with Crippen LogP contribution in [0.5, 0.6) is 0 Å². The Morgan fingerprint density at radius 1 is 1.42 bits per heavy atom. The van der Waals surface area contributed by atoms with Crippen molar-refractivity contribution in [2.45, 2.75) is 19.5 Å². The SMILES string of the molecule is CC1CN(C(=O)c2cccc(CN)c2)CC1N(C)C. The van der Waals surface area contributed by atoms with Crippen LogP contribution in [0.1, 0.15) is 22.8 Å². The number of rotatable bonds is 3. The molecule has 1 aromatic rings. The molecule has 2 unspecified atom stereocenters. The zero-order valence-electron chi connectivity index (χ0n) is 12.0. The van der Waals surface area contributed by atoms with Crippen molar-refractivity contribution in [1.82, 2.24) is 9.80 Å². The van der Waals surface area contributed by atoms with Crippen molar-refractivity contribution in [3.05, 3.63) is 35.4 Å². The summed E-state index contributed by atoms with van der Waals surface area (Å²) in [5.41, 5.74) is 7.37. The van der Waals surface area contributed by atoms with Crippen LogP contribution in [0.2, 0.25) is 0 Å². The summed E-state index contributed by atoms with van der Waals surface area (Å²) in [5.74, 6) is 0.628. The van der Waals surface area contributed by atoms with E-state index < -0.39 is 0 Å². The molecule has 2 rings (SSSR count). The monoisotopic (exact) mass is 261 g/mol. The molecule has 0 spiro atoms. The van der Waals surface area contributed by atoms with E-state index in [0.717, 1.165) is 24.2 Å². The van der Waals surface area contributed by atoms with Crippen LogP contribution in [-0.2, 0) is 6.54 Å². The third-order valence-corrected chi connectivity index (χ3v) is 3.93. The molecule has 1 aliphatic heterocycles. The molecule has 1 heterocycles. The van der Waals surface area contributed by atoms with Crippen molar-refractivity contribution in [1.29, 1.82) is 0 Å². The average molecular weight is 261 g/mol. The molecule has 2 atom stereocenters. The molecule has 19 heavy (non-hydrogen) atoms. The summed E-state index contributed by atoms with van der Waals surface area (Å²) in [6.45, 7) is 4.31. The Labute approximate surface area is 115 Å². The van der Waals surface area contributed by atoms with E-state index >= 15 is 0 Å². The first-order valence-electron chi connectivity index (χ1n) is 6.77. The first-order chi connectivity index (χ1) is 9.02. The topological polar surface area (TPSA) is 49.6 Å². The van der Waals surface area contributed by atoms with Gasteiger partial charge in [-0.2, -0.15) is 0 Å². The van der Waals surface area contributed by atoms with Gasteiger partial charge in [-0.05, 0) is 37.7 Å². The van der Waals surface area contributed by atoms with E-state index in [1.807, 2.05) is 29.2 Å². The van der Waals surface area contributed by atoms with E-state index in [1.54, 1.807) is 0 Å². The quantitative estimate of drug-likeness (QED) is 0.888. The van der Waals surface area contributed by atoms with E-state index in [0.29, 0.717) is 18.5 Å². The Morgan fingerprint density at radius 2 is 2.16 bits per heavy atom. The van der Waals surface area contributed by atoms with Gasteiger partial charge in [0.05, 0.1) is 0 Å². The zero-order valence-corrected chi connectivity index (χ0v) is 12.0. The predicted octanol–water partition coefficient (Wildman–Crippen LogP) is 1.17. The molecule has 104 valence electrons. The highest BCUT2D eigenvalue weighted by Gasteiger charge is 2.33. The highest BCUT2D eigenvalue weighted by atomic mass is 16.2. The van der Waals surface area contributed by atoms with Crippen molar-refractivity contribution >= 4 is 5.91 Å². The Balaban J connectivity index is 2.12. The molecule has 1 aromatic carbocycles. The van der Waals surface area contributed by atoms with Crippen molar-refractivity contribution in [3.8, 4) is 0 Å². The van der Waals surface area contributed by atoms with Gasteiger partial charge in [0.1, 0.15) is 0 Å². The molecule has 0 saturated carbocycles. The highest BCUT2D eigenvalue weighted by molar-refractivity contribution is 5.94. The van der Waals surface area contributed by atoms with Crippen LogP contribution in [-0.4, -0.2) is 48.9 Å². The van der Waals surface area contributed by atoms with Crippen LogP contribution in [0.15, 0.2) is 24.3 Å². The Kier molecular flexibility index (Phi) is 4.22. The molecular weight excluding hydrogens is 238 g/mol. The maximum Gasteiger partial charge on any atom is 0.253 e. The predicted molar refractivity (Wildman–Crippen MR) is 76.9 cm³/mol. The maximum atomic E-state index is 12.5. The molecule has 0 bridgehead atoms. The highest BCUT2D eigenvalue weighted by Crippen LogP contribution is 2.22. The molecule has 0 aliphatic carbocycles. The van der Waals surface area contributed by atoms with Crippen molar-refractivity contribution < 1.29 is 4.79 Å². The van der Waals surface area contributed by atoms with Gasteiger partial charge in [0, 0.05) is 31.2 Å². The Morgan fingerprint density at radius 3 is 2.74 bits per heavy atom. The summed E-state index contributed by atoms with van der Waals surface area (Å²) in [7, 11) is 4.15. The van der Waals surface area contributed by atoms with Crippen LogP contribution >= 0.6 is 0 Å². The van der Waals surface area contributed by atoms with Gasteiger partial charge in [0.25, 0.3) is 5.91 Å². The lowest BCUT2D eigenvalue weighted by Crippen LogP contribution is -2.35. The van der Waals surface area contributed by atoms with E-state index in [9.17, 15) is 4.79 Å². The number of carbonyl (C=O) groups excluding carboxylic acids is 1. The number of nitrogens with two attached hydrogens (primary N) is 1. The fraction of sp³-hybridized carbons (Fsp3) is 0.533. The fourth-order valence-electron chi connectivity index (χ4n) is 2.80. The van der Waals surface area contributed by atoms with Gasteiger partial charge in [-0.25, -0.2) is 0 Å². The van der Waals surface area contributed by atoms with Gasteiger partial charge in [-0.3, -0.25) is 4.79 Å². The normalized spacial score (nSPS) is 23.1. The first kappa shape index (κ1) is 14.0. The Hall–Kier alpha value is -1.39. The standard InChI is InChI=1S/C15H23N3O/c1-11-9-18(10-14(11)17(2)3)15(19)13-6-4-5-12(7-13)8-16/h4-7,11,14H,8-10,16H2,1-3H3. The summed E-state index contributed by atoms with van der Waals surface area (Å²) >= 11 is 0. The molecule has 1 fully saturated rings. The molecule has 1 amide bonds. The average Bonchev–Trinajstić information content (AvgIpc) is 2.80. The third-order valence-electron chi connectivity index (χ3n) is 3.93. The van der Waals surface area contributed by atoms with Crippen LogP contribution in [0.25, 0.3) is 0 Å². The molecule has 1 aliphatic rings. The van der Waals surface area contributed by atoms with Crippen LogP contribution in [0.3, 0.4) is 0 Å². The van der Waals surface area contributed by atoms with Gasteiger partial charge in [0.15, 0.2) is 0 Å². The van der Waals surface area contributed by atoms with Gasteiger partial charge in [-0.15, -0.1) is 0 Å². The third kappa shape index (κ3) is 2.96. The molecule has 0 radical (unpaired) electrons. The summed E-state index contributed by atoms with van der Waals surface area (Å²) in [5, 5.41) is 0. The van der Waals surface area contributed by atoms with E-state index in [-0.39, 0.29) is 5.91 Å². The maximum absolute atomic E-state index is 12.5. The number of likely N-dealkylation sites (tertiary alicyclic amines) is 1. The van der Waals surface area contributed by atoms with Crippen LogP contribution in [0.4, 0.5) is 0 Å². The molecule has 4 heteroatoms. The number of likely N-dealkylation sites (N-methyl/N-ethyl adjacent to an activating group) is 1. The summed E-state index contributed by atoms with van der Waals surface area (Å²) in [6, 6.07) is 8.07. The lowest BCUT2D eigenvalue weighted by molar-refractivity contribution is 0.0781. The van der Waals surface area contributed by atoms with Gasteiger partial charge < -0.3 is 15.5 Å². The molecule has 2 N–H and O–H groups in total. The van der Waals surface area contributed by atoms with Crippen LogP contribution < -0.4 is 5.73 Å². The molecular formula is C15H23N3O. The molecule has 4 nitrogen and oxygen atoms in total. The second-order valence-electron chi connectivity index (χ2n) is 5.62. The lowest BCUT2D eigenvalue weighted by Gasteiger charge is -2.22. The van der Waals surface area contributed by atoms with Crippen molar-refractivity contribution in [3.63, 3.8) is 0 Å². The van der Waals surface area contributed by atoms with E-state index in [2.05, 4.69) is 25.9 Å². The number of carbonyl (C=O) groups is 1. The number of hydrogen-bond acceptors (Lipinski definition) is 3. The van der Waals surface area contributed by atoms with Gasteiger partial charge in [-0.1, -0.05) is 19.1 Å². The Bertz CT molecular complexity index is 458. The first-order valence-corrected chi connectivity index (χ1v) is 6.77. The zero-order chi connectivity index (χ0) is 14.0. The molecule has 1 saturated heterocycles. The van der Waals surface area contributed by atoms with E-state index in [1.165, 1.54) is 0 Å². The largest absolute Gasteiger partial charge is 0.337 e. The minimum Gasteiger partial charge on any atom is -0.337 e. The smallest absolute Gasteiger partial charge is 0.253 e. The number of nitrogens with zero attached hydrogens (tertiary/aromatic N) is 2. The second-order valence-corrected chi connectivity index (χ2v) is 5.62. The summed E-state index contributed by atoms with van der Waals surface area (Å²) in [4.78, 5) is 16.6. The van der Waals surface area contributed by atoms with Gasteiger partial charge >= 0.3 is 0 Å². The fourth-order valence-corrected chi connectivity index (χ4v) is 2.80. The van der Waals surface area contributed by atoms with Crippen molar-refractivity contribution in [2.75, 3.05) is 27.2 Å². The van der Waals surface area contributed by atoms with E-state index in [4.69, 9.17) is 5.73 Å². The van der Waals surface area contributed by atoms with Crippen LogP contribution in [0, 0.1) is 5.92 Å². The number of benzene rings is 1. The minimum absolute atomic E-state index is 0.117. The summed E-state index contributed by atoms with van der Waals surface area (Å²) in [6.07, 6.45) is 0. The lowest BCUT2D eigenvalue weighted by atomic mass is 10.1. The van der Waals surface area contributed by atoms with Crippen molar-refractivity contribution in [2.24, 2.45) is 11.7 Å². The second kappa shape index (κ2) is 5.72. The number of amides is 1. The summed E-state index contributed by atoms with van der Waals surface area (Å²) < 4.78 is 0. The molecule has 0 aromatic heterocycles. The number of hydrogen-bond donors (Lipinski definition) is 1. The minimum atomic E-state index is 0.117. The van der Waals surface area contributed by atoms with Gasteiger partial charge in [0.2, 0.25) is 0 Å².